The number of aromatic nitrogens is 3. The molecular weight excluding hydrogens is 298 g/mol. The molecule has 0 radical (unpaired) electrons. The van der Waals surface area contributed by atoms with E-state index in [0.29, 0.717) is 15.7 Å². The molecule has 1 heterocycles. The number of thioether (sulfide) groups is 1. The van der Waals surface area contributed by atoms with Crippen molar-refractivity contribution in [3.63, 3.8) is 0 Å². The summed E-state index contributed by atoms with van der Waals surface area (Å²) in [7, 11) is 0. The molecule has 5 nitrogen and oxygen atoms in total. The van der Waals surface area contributed by atoms with Crippen LogP contribution in [0.5, 0.6) is 0 Å². The van der Waals surface area contributed by atoms with Crippen LogP contribution in [0.25, 0.3) is 0 Å². The van der Waals surface area contributed by atoms with Gasteiger partial charge >= 0.3 is 5.69 Å². The Morgan fingerprint density at radius 1 is 1.45 bits per heavy atom. The standard InChI is InChI=1S/C13H14ClN3O2S/c1-8(2)17-12(19)15-16-13(17)20-7-11(18)9-5-3-4-6-10(9)14/h3-6,8H,7H2,1-2H3,(H,15,19). The van der Waals surface area contributed by atoms with E-state index in [9.17, 15) is 9.59 Å². The van der Waals surface area contributed by atoms with E-state index in [1.54, 1.807) is 24.3 Å². The van der Waals surface area contributed by atoms with Crippen LogP contribution >= 0.6 is 23.4 Å². The van der Waals surface area contributed by atoms with Crippen LogP contribution in [0.4, 0.5) is 0 Å². The summed E-state index contributed by atoms with van der Waals surface area (Å²) < 4.78 is 1.52. The monoisotopic (exact) mass is 311 g/mol. The molecule has 0 saturated carbocycles. The van der Waals surface area contributed by atoms with Gasteiger partial charge in [-0.3, -0.25) is 9.36 Å². The first-order chi connectivity index (χ1) is 9.50. The average Bonchev–Trinajstić information content (AvgIpc) is 2.78. The van der Waals surface area contributed by atoms with Crippen molar-refractivity contribution in [1.82, 2.24) is 14.8 Å². The van der Waals surface area contributed by atoms with Crippen molar-refractivity contribution in [3.05, 3.63) is 45.3 Å². The third-order valence-corrected chi connectivity index (χ3v) is 3.98. The summed E-state index contributed by atoms with van der Waals surface area (Å²) in [6.45, 7) is 3.77. The summed E-state index contributed by atoms with van der Waals surface area (Å²) in [6, 6.07) is 6.89. The predicted molar refractivity (Wildman–Crippen MR) is 79.7 cm³/mol. The van der Waals surface area contributed by atoms with Gasteiger partial charge in [-0.15, -0.1) is 5.10 Å². The number of benzene rings is 1. The lowest BCUT2D eigenvalue weighted by Gasteiger charge is -2.08. The van der Waals surface area contributed by atoms with Gasteiger partial charge in [-0.2, -0.15) is 0 Å². The van der Waals surface area contributed by atoms with Gasteiger partial charge in [-0.05, 0) is 26.0 Å². The van der Waals surface area contributed by atoms with Gasteiger partial charge in [0.15, 0.2) is 10.9 Å². The lowest BCUT2D eigenvalue weighted by molar-refractivity contribution is 0.102. The molecule has 0 aliphatic heterocycles. The highest BCUT2D eigenvalue weighted by molar-refractivity contribution is 7.99. The van der Waals surface area contributed by atoms with Crippen LogP contribution in [0.3, 0.4) is 0 Å². The predicted octanol–water partition coefficient (Wildman–Crippen LogP) is 2.78. The van der Waals surface area contributed by atoms with Gasteiger partial charge in [0.1, 0.15) is 0 Å². The van der Waals surface area contributed by atoms with Crippen molar-refractivity contribution in [1.29, 1.82) is 0 Å². The van der Waals surface area contributed by atoms with Crippen LogP contribution in [-0.4, -0.2) is 26.3 Å². The molecule has 1 aromatic carbocycles. The molecule has 0 fully saturated rings. The number of ketones is 1. The molecule has 0 atom stereocenters. The molecule has 2 rings (SSSR count). The summed E-state index contributed by atoms with van der Waals surface area (Å²) in [6.07, 6.45) is 0. The van der Waals surface area contributed by atoms with Gasteiger partial charge in [0, 0.05) is 11.6 Å². The van der Waals surface area contributed by atoms with Crippen molar-refractivity contribution in [2.75, 3.05) is 5.75 Å². The summed E-state index contributed by atoms with van der Waals surface area (Å²) in [5.41, 5.74) is 0.211. The first-order valence-electron chi connectivity index (χ1n) is 6.08. The SMILES string of the molecule is CC(C)n1c(SCC(=O)c2ccccc2Cl)n[nH]c1=O. The van der Waals surface area contributed by atoms with Gasteiger partial charge in [0.05, 0.1) is 10.8 Å². The molecule has 2 aromatic rings. The average molecular weight is 312 g/mol. The zero-order chi connectivity index (χ0) is 14.7. The van der Waals surface area contributed by atoms with E-state index in [1.165, 1.54) is 16.3 Å². The van der Waals surface area contributed by atoms with Crippen LogP contribution in [0, 0.1) is 0 Å². The quantitative estimate of drug-likeness (QED) is 0.681. The smallest absolute Gasteiger partial charge is 0.293 e. The topological polar surface area (TPSA) is 67.8 Å². The van der Waals surface area contributed by atoms with E-state index in [2.05, 4.69) is 10.2 Å². The van der Waals surface area contributed by atoms with E-state index in [1.807, 2.05) is 13.8 Å². The van der Waals surface area contributed by atoms with Crippen LogP contribution < -0.4 is 5.69 Å². The van der Waals surface area contributed by atoms with Crippen molar-refractivity contribution >= 4 is 29.1 Å². The zero-order valence-corrected chi connectivity index (χ0v) is 12.7. The van der Waals surface area contributed by atoms with Gasteiger partial charge in [-0.25, -0.2) is 9.89 Å². The number of nitrogens with zero attached hydrogens (tertiary/aromatic N) is 2. The summed E-state index contributed by atoms with van der Waals surface area (Å²) in [5.74, 6) is 0.0900. The molecular formula is C13H14ClN3O2S. The highest BCUT2D eigenvalue weighted by Crippen LogP contribution is 2.21. The zero-order valence-electron chi connectivity index (χ0n) is 11.1. The minimum atomic E-state index is -0.271. The maximum atomic E-state index is 12.1. The van der Waals surface area contributed by atoms with Crippen molar-refractivity contribution < 1.29 is 4.79 Å². The molecule has 0 aliphatic rings. The number of carbonyl (C=O) groups is 1. The van der Waals surface area contributed by atoms with Gasteiger partial charge < -0.3 is 0 Å². The number of nitrogens with one attached hydrogen (secondary N) is 1. The number of Topliss-reactive ketones (excluding diaryl/α,β-unsaturated/α-hetero) is 1. The fourth-order valence-electron chi connectivity index (χ4n) is 1.74. The third-order valence-electron chi connectivity index (χ3n) is 2.70. The Labute approximate surface area is 125 Å². The second kappa shape index (κ2) is 6.28. The lowest BCUT2D eigenvalue weighted by Crippen LogP contribution is -2.19. The van der Waals surface area contributed by atoms with Gasteiger partial charge in [-0.1, -0.05) is 35.5 Å². The summed E-state index contributed by atoms with van der Waals surface area (Å²) in [5, 5.41) is 7.26. The first kappa shape index (κ1) is 14.9. The fraction of sp³-hybridized carbons (Fsp3) is 0.308. The maximum Gasteiger partial charge on any atom is 0.344 e. The molecule has 106 valence electrons. The molecule has 0 amide bonds. The first-order valence-corrected chi connectivity index (χ1v) is 7.44. The number of halogens is 1. The Kier molecular flexibility index (Phi) is 4.67. The third kappa shape index (κ3) is 3.13. The number of carbonyl (C=O) groups excluding carboxylic acids is 1. The summed E-state index contributed by atoms with van der Waals surface area (Å²) >= 11 is 7.20. The van der Waals surface area contributed by atoms with E-state index >= 15 is 0 Å². The fourth-order valence-corrected chi connectivity index (χ4v) is 2.94. The minimum absolute atomic E-state index is 0.0147. The second-order valence-electron chi connectivity index (χ2n) is 4.47. The Hall–Kier alpha value is -1.53. The molecule has 0 aliphatic carbocycles. The Morgan fingerprint density at radius 2 is 2.15 bits per heavy atom. The number of aromatic amines is 1. The van der Waals surface area contributed by atoms with Crippen LogP contribution in [-0.2, 0) is 0 Å². The molecule has 0 bridgehead atoms. The molecule has 1 aromatic heterocycles. The van der Waals surface area contributed by atoms with E-state index in [4.69, 9.17) is 11.6 Å². The number of hydrogen-bond donors (Lipinski definition) is 1. The molecule has 1 N–H and O–H groups in total. The van der Waals surface area contributed by atoms with Crippen molar-refractivity contribution in [2.45, 2.75) is 25.0 Å². The largest absolute Gasteiger partial charge is 0.344 e. The highest BCUT2D eigenvalue weighted by atomic mass is 35.5. The number of rotatable bonds is 5. The molecule has 7 heteroatoms. The highest BCUT2D eigenvalue weighted by Gasteiger charge is 2.15. The van der Waals surface area contributed by atoms with Crippen molar-refractivity contribution in [3.8, 4) is 0 Å². The number of H-pyrrole nitrogens is 1. The van der Waals surface area contributed by atoms with E-state index < -0.39 is 0 Å². The number of hydrogen-bond acceptors (Lipinski definition) is 4. The Morgan fingerprint density at radius 3 is 2.80 bits per heavy atom. The van der Waals surface area contributed by atoms with Gasteiger partial charge in [0.25, 0.3) is 0 Å². The molecule has 0 spiro atoms. The van der Waals surface area contributed by atoms with Crippen LogP contribution in [0.15, 0.2) is 34.2 Å². The molecule has 0 saturated heterocycles. The minimum Gasteiger partial charge on any atom is -0.293 e. The summed E-state index contributed by atoms with van der Waals surface area (Å²) in [4.78, 5) is 23.7. The van der Waals surface area contributed by atoms with Crippen LogP contribution in [0.2, 0.25) is 5.02 Å². The maximum absolute atomic E-state index is 12.1. The van der Waals surface area contributed by atoms with Gasteiger partial charge in [0.2, 0.25) is 0 Å². The Balaban J connectivity index is 2.12. The molecule has 0 unspecified atom stereocenters. The molecule has 20 heavy (non-hydrogen) atoms. The van der Waals surface area contributed by atoms with Crippen molar-refractivity contribution in [2.24, 2.45) is 0 Å². The van der Waals surface area contributed by atoms with E-state index in [-0.39, 0.29) is 23.3 Å². The normalized spacial score (nSPS) is 11.0. The lowest BCUT2D eigenvalue weighted by atomic mass is 10.1. The van der Waals surface area contributed by atoms with E-state index in [0.717, 1.165) is 0 Å². The Bertz CT molecular complexity index is 678. The second-order valence-corrected chi connectivity index (χ2v) is 5.82. The van der Waals surface area contributed by atoms with Crippen LogP contribution in [0.1, 0.15) is 30.2 Å².